The van der Waals surface area contributed by atoms with E-state index in [9.17, 15) is 13.6 Å². The monoisotopic (exact) mass is 283 g/mol. The summed E-state index contributed by atoms with van der Waals surface area (Å²) in [7, 11) is 0. The lowest BCUT2D eigenvalue weighted by atomic mass is 10.2. The van der Waals surface area contributed by atoms with Gasteiger partial charge < -0.3 is 11.1 Å². The van der Waals surface area contributed by atoms with E-state index in [1.165, 1.54) is 12.3 Å². The molecule has 0 spiro atoms. The summed E-state index contributed by atoms with van der Waals surface area (Å²) in [6, 6.07) is 4.01. The second-order valence-corrected chi connectivity index (χ2v) is 4.04. The number of carbonyl (C=O) groups is 1. The van der Waals surface area contributed by atoms with Crippen LogP contribution in [0.3, 0.4) is 0 Å². The van der Waals surface area contributed by atoms with Crippen molar-refractivity contribution in [3.05, 3.63) is 52.8 Å². The van der Waals surface area contributed by atoms with Crippen LogP contribution in [0.5, 0.6) is 0 Å². The molecule has 3 N–H and O–H groups in total. The highest BCUT2D eigenvalue weighted by Crippen LogP contribution is 2.20. The van der Waals surface area contributed by atoms with Gasteiger partial charge in [-0.05, 0) is 18.2 Å². The molecular weight excluding hydrogens is 276 g/mol. The van der Waals surface area contributed by atoms with Crippen molar-refractivity contribution in [2.45, 2.75) is 0 Å². The van der Waals surface area contributed by atoms with E-state index in [1.807, 2.05) is 0 Å². The van der Waals surface area contributed by atoms with Crippen LogP contribution in [0.1, 0.15) is 10.4 Å². The van der Waals surface area contributed by atoms with Crippen LogP contribution >= 0.6 is 11.6 Å². The summed E-state index contributed by atoms with van der Waals surface area (Å²) in [6.07, 6.45) is 1.28. The molecule has 0 radical (unpaired) electrons. The molecule has 2 aromatic rings. The van der Waals surface area contributed by atoms with Gasteiger partial charge >= 0.3 is 0 Å². The van der Waals surface area contributed by atoms with Crippen LogP contribution in [0.4, 0.5) is 20.2 Å². The van der Waals surface area contributed by atoms with Gasteiger partial charge in [0, 0.05) is 6.07 Å². The van der Waals surface area contributed by atoms with Crippen molar-refractivity contribution < 1.29 is 13.6 Å². The molecule has 0 atom stereocenters. The van der Waals surface area contributed by atoms with Gasteiger partial charge in [-0.15, -0.1) is 0 Å². The zero-order valence-electron chi connectivity index (χ0n) is 9.45. The number of hydrogen-bond acceptors (Lipinski definition) is 3. The number of rotatable bonds is 2. The molecule has 2 rings (SSSR count). The standard InChI is InChI=1S/C12H8ClF2N3O/c13-11-8(4-7(16)5-17-11)12(19)18-10-3-6(14)1-2-9(10)15/h1-5H,16H2,(H,18,19). The van der Waals surface area contributed by atoms with E-state index in [0.717, 1.165) is 18.2 Å². The molecule has 0 aliphatic heterocycles. The van der Waals surface area contributed by atoms with E-state index < -0.39 is 17.5 Å². The van der Waals surface area contributed by atoms with Crippen molar-refractivity contribution in [2.24, 2.45) is 0 Å². The van der Waals surface area contributed by atoms with Gasteiger partial charge in [-0.3, -0.25) is 4.79 Å². The summed E-state index contributed by atoms with van der Waals surface area (Å²) in [5.41, 5.74) is 5.40. The number of benzene rings is 1. The Morgan fingerprint density at radius 1 is 1.32 bits per heavy atom. The van der Waals surface area contributed by atoms with Crippen LogP contribution < -0.4 is 11.1 Å². The van der Waals surface area contributed by atoms with Gasteiger partial charge in [0.05, 0.1) is 23.1 Å². The maximum atomic E-state index is 13.4. The summed E-state index contributed by atoms with van der Waals surface area (Å²) < 4.78 is 26.3. The van der Waals surface area contributed by atoms with Gasteiger partial charge in [0.1, 0.15) is 16.8 Å². The van der Waals surface area contributed by atoms with E-state index in [4.69, 9.17) is 17.3 Å². The molecule has 98 valence electrons. The third-order valence-electron chi connectivity index (χ3n) is 2.28. The van der Waals surface area contributed by atoms with Crippen molar-refractivity contribution in [1.82, 2.24) is 4.98 Å². The molecule has 0 aliphatic carbocycles. The van der Waals surface area contributed by atoms with E-state index in [2.05, 4.69) is 10.3 Å². The van der Waals surface area contributed by atoms with Crippen LogP contribution in [-0.2, 0) is 0 Å². The molecule has 0 aliphatic rings. The molecule has 1 aromatic heterocycles. The minimum absolute atomic E-state index is 0.0228. The Kier molecular flexibility index (Phi) is 3.62. The zero-order valence-corrected chi connectivity index (χ0v) is 10.2. The summed E-state index contributed by atoms with van der Waals surface area (Å²) in [5, 5.41) is 2.12. The molecule has 1 amide bonds. The minimum atomic E-state index is -0.761. The van der Waals surface area contributed by atoms with Crippen molar-refractivity contribution in [2.75, 3.05) is 11.1 Å². The van der Waals surface area contributed by atoms with Gasteiger partial charge in [0.2, 0.25) is 0 Å². The third kappa shape index (κ3) is 2.97. The molecule has 1 heterocycles. The fraction of sp³-hybridized carbons (Fsp3) is 0. The van der Waals surface area contributed by atoms with E-state index in [0.29, 0.717) is 0 Å². The number of halogens is 3. The maximum Gasteiger partial charge on any atom is 0.258 e. The second-order valence-electron chi connectivity index (χ2n) is 3.69. The van der Waals surface area contributed by atoms with Crippen LogP contribution in [0.25, 0.3) is 0 Å². The summed E-state index contributed by atoms with van der Waals surface area (Å²) >= 11 is 5.73. The van der Waals surface area contributed by atoms with Crippen molar-refractivity contribution in [1.29, 1.82) is 0 Å². The lowest BCUT2D eigenvalue weighted by Crippen LogP contribution is -2.14. The molecule has 0 bridgehead atoms. The molecule has 0 saturated heterocycles. The van der Waals surface area contributed by atoms with Crippen molar-refractivity contribution >= 4 is 28.9 Å². The van der Waals surface area contributed by atoms with Crippen LogP contribution in [0.2, 0.25) is 5.15 Å². The number of hydrogen-bond donors (Lipinski definition) is 2. The first-order chi connectivity index (χ1) is 8.97. The maximum absolute atomic E-state index is 13.4. The van der Waals surface area contributed by atoms with Crippen LogP contribution in [0.15, 0.2) is 30.5 Å². The molecule has 1 aromatic carbocycles. The molecule has 4 nitrogen and oxygen atoms in total. The smallest absolute Gasteiger partial charge is 0.258 e. The SMILES string of the molecule is Nc1cnc(Cl)c(C(=O)Nc2cc(F)ccc2F)c1. The second kappa shape index (κ2) is 5.19. The highest BCUT2D eigenvalue weighted by atomic mass is 35.5. The lowest BCUT2D eigenvalue weighted by molar-refractivity contribution is 0.102. The lowest BCUT2D eigenvalue weighted by Gasteiger charge is -2.08. The van der Waals surface area contributed by atoms with E-state index in [1.54, 1.807) is 0 Å². The summed E-state index contributed by atoms with van der Waals surface area (Å²) in [6.45, 7) is 0. The summed E-state index contributed by atoms with van der Waals surface area (Å²) in [5.74, 6) is -2.16. The molecule has 0 saturated carbocycles. The topological polar surface area (TPSA) is 68.0 Å². The van der Waals surface area contributed by atoms with Gasteiger partial charge in [-0.25, -0.2) is 13.8 Å². The first-order valence-corrected chi connectivity index (χ1v) is 5.52. The number of anilines is 2. The predicted molar refractivity (Wildman–Crippen MR) is 68.0 cm³/mol. The van der Waals surface area contributed by atoms with Gasteiger partial charge in [-0.1, -0.05) is 11.6 Å². The van der Waals surface area contributed by atoms with Gasteiger partial charge in [0.15, 0.2) is 0 Å². The Labute approximate surface area is 112 Å². The number of nitrogens with two attached hydrogens (primary N) is 1. The Bertz CT molecular complexity index is 649. The largest absolute Gasteiger partial charge is 0.397 e. The predicted octanol–water partition coefficient (Wildman–Crippen LogP) is 2.85. The van der Waals surface area contributed by atoms with Crippen molar-refractivity contribution in [3.63, 3.8) is 0 Å². The number of pyridine rings is 1. The first kappa shape index (κ1) is 13.2. The minimum Gasteiger partial charge on any atom is -0.397 e. The number of nitrogen functional groups attached to an aromatic ring is 1. The molecule has 0 unspecified atom stereocenters. The van der Waals surface area contributed by atoms with Gasteiger partial charge in [0.25, 0.3) is 5.91 Å². The average molecular weight is 284 g/mol. The quantitative estimate of drug-likeness (QED) is 0.833. The highest BCUT2D eigenvalue weighted by Gasteiger charge is 2.14. The normalized spacial score (nSPS) is 10.3. The first-order valence-electron chi connectivity index (χ1n) is 5.15. The molecular formula is C12H8ClF2N3O. The number of carbonyl (C=O) groups excluding carboxylic acids is 1. The highest BCUT2D eigenvalue weighted by molar-refractivity contribution is 6.33. The number of aromatic nitrogens is 1. The average Bonchev–Trinajstić information content (AvgIpc) is 2.36. The Balaban J connectivity index is 2.30. The number of nitrogens with zero attached hydrogens (tertiary/aromatic N) is 1. The Morgan fingerprint density at radius 3 is 2.79 bits per heavy atom. The Morgan fingerprint density at radius 2 is 2.05 bits per heavy atom. The number of amides is 1. The third-order valence-corrected chi connectivity index (χ3v) is 2.58. The van der Waals surface area contributed by atoms with E-state index in [-0.39, 0.29) is 22.1 Å². The van der Waals surface area contributed by atoms with Crippen LogP contribution in [-0.4, -0.2) is 10.9 Å². The summed E-state index contributed by atoms with van der Waals surface area (Å²) in [4.78, 5) is 15.6. The molecule has 7 heteroatoms. The fourth-order valence-corrected chi connectivity index (χ4v) is 1.60. The molecule has 0 fully saturated rings. The fourth-order valence-electron chi connectivity index (χ4n) is 1.41. The number of nitrogens with one attached hydrogen (secondary N) is 1. The van der Waals surface area contributed by atoms with E-state index >= 15 is 0 Å². The van der Waals surface area contributed by atoms with Crippen LogP contribution in [0, 0.1) is 11.6 Å². The van der Waals surface area contributed by atoms with Crippen molar-refractivity contribution in [3.8, 4) is 0 Å². The Hall–Kier alpha value is -2.21. The molecule has 19 heavy (non-hydrogen) atoms. The zero-order chi connectivity index (χ0) is 14.0. The van der Waals surface area contributed by atoms with Gasteiger partial charge in [-0.2, -0.15) is 0 Å².